The van der Waals surface area contributed by atoms with E-state index in [4.69, 9.17) is 0 Å². The van der Waals surface area contributed by atoms with Gasteiger partial charge in [0.15, 0.2) is 5.12 Å². The lowest BCUT2D eigenvalue weighted by Gasteiger charge is -2.42. The van der Waals surface area contributed by atoms with Crippen LogP contribution < -0.4 is 5.32 Å². The van der Waals surface area contributed by atoms with Gasteiger partial charge in [-0.05, 0) is 0 Å². The third-order valence-electron chi connectivity index (χ3n) is 3.47. The van der Waals surface area contributed by atoms with Gasteiger partial charge in [-0.15, -0.1) is 5.06 Å². The van der Waals surface area contributed by atoms with E-state index in [0.29, 0.717) is 5.06 Å². The fourth-order valence-electron chi connectivity index (χ4n) is 2.14. The Morgan fingerprint density at radius 2 is 1.70 bits per heavy atom. The van der Waals surface area contributed by atoms with E-state index in [1.165, 1.54) is 6.92 Å². The number of carbonyl (C=O) groups excluding carboxylic acids is 7. The maximum Gasteiger partial charge on any atom is 0.352 e. The Balaban J connectivity index is 1.75. The first-order chi connectivity index (χ1) is 12.7. The summed E-state index contributed by atoms with van der Waals surface area (Å²) >= 11 is 0.779. The molecule has 27 heavy (non-hydrogen) atoms. The average molecular weight is 400 g/mol. The average Bonchev–Trinajstić information content (AvgIpc) is 2.92. The van der Waals surface area contributed by atoms with Crippen molar-refractivity contribution in [2.24, 2.45) is 0 Å². The van der Waals surface area contributed by atoms with Crippen molar-refractivity contribution in [3.63, 3.8) is 0 Å². The molecule has 0 aromatic heterocycles. The van der Waals surface area contributed by atoms with Crippen molar-refractivity contribution in [2.75, 3.05) is 25.4 Å². The molecule has 0 radical (unpaired) electrons. The SMILES string of the molecule is CC(=O)SCC(=O)N1CC(=O)N1CC(=O)NCC(=O)ON1C(=O)CCC1=O. The summed E-state index contributed by atoms with van der Waals surface area (Å²) in [6.07, 6.45) is -0.108. The zero-order chi connectivity index (χ0) is 20.1. The van der Waals surface area contributed by atoms with E-state index in [0.717, 1.165) is 21.8 Å². The molecular formula is C14H16N4O8S. The normalized spacial score (nSPS) is 16.3. The van der Waals surface area contributed by atoms with Gasteiger partial charge in [-0.3, -0.25) is 28.8 Å². The third kappa shape index (κ3) is 5.26. The molecule has 2 fully saturated rings. The Morgan fingerprint density at radius 3 is 2.26 bits per heavy atom. The highest BCUT2D eigenvalue weighted by Gasteiger charge is 2.39. The second kappa shape index (κ2) is 8.62. The highest BCUT2D eigenvalue weighted by molar-refractivity contribution is 8.14. The van der Waals surface area contributed by atoms with Crippen LogP contribution in [0.2, 0.25) is 0 Å². The van der Waals surface area contributed by atoms with Crippen LogP contribution in [0.4, 0.5) is 0 Å². The summed E-state index contributed by atoms with van der Waals surface area (Å²) in [7, 11) is 0. The van der Waals surface area contributed by atoms with Crippen LogP contribution >= 0.6 is 11.8 Å². The van der Waals surface area contributed by atoms with Crippen LogP contribution in [0, 0.1) is 0 Å². The van der Waals surface area contributed by atoms with Gasteiger partial charge in [0, 0.05) is 19.8 Å². The molecule has 0 aromatic carbocycles. The molecular weight excluding hydrogens is 384 g/mol. The molecule has 2 saturated heterocycles. The Morgan fingerprint density at radius 1 is 1.07 bits per heavy atom. The lowest BCUT2D eigenvalue weighted by atomic mass is 10.3. The summed E-state index contributed by atoms with van der Waals surface area (Å²) in [6.45, 7) is -0.0468. The fourth-order valence-corrected chi connectivity index (χ4v) is 2.62. The van der Waals surface area contributed by atoms with Gasteiger partial charge < -0.3 is 10.2 Å². The monoisotopic (exact) mass is 400 g/mol. The van der Waals surface area contributed by atoms with Crippen molar-refractivity contribution in [3.05, 3.63) is 0 Å². The highest BCUT2D eigenvalue weighted by Crippen LogP contribution is 2.14. The van der Waals surface area contributed by atoms with Crippen molar-refractivity contribution in [1.29, 1.82) is 0 Å². The molecule has 146 valence electrons. The van der Waals surface area contributed by atoms with Crippen LogP contribution in [-0.4, -0.2) is 81.1 Å². The van der Waals surface area contributed by atoms with Gasteiger partial charge in [0.2, 0.25) is 5.91 Å². The summed E-state index contributed by atoms with van der Waals surface area (Å²) in [5.74, 6) is -4.23. The van der Waals surface area contributed by atoms with E-state index in [2.05, 4.69) is 10.2 Å². The summed E-state index contributed by atoms with van der Waals surface area (Å²) in [6, 6.07) is 0. The smallest absolute Gasteiger partial charge is 0.344 e. The second-order valence-corrected chi connectivity index (χ2v) is 6.66. The number of imide groups is 1. The fraction of sp³-hybridized carbons (Fsp3) is 0.500. The van der Waals surface area contributed by atoms with E-state index in [9.17, 15) is 33.6 Å². The van der Waals surface area contributed by atoms with Gasteiger partial charge in [-0.1, -0.05) is 11.8 Å². The molecule has 0 spiro atoms. The molecule has 2 aliphatic rings. The Labute approximate surface area is 157 Å². The first kappa shape index (κ1) is 20.4. The Bertz CT molecular complexity index is 708. The van der Waals surface area contributed by atoms with Crippen LogP contribution in [0.3, 0.4) is 0 Å². The number of nitrogens with zero attached hydrogens (tertiary/aromatic N) is 3. The predicted octanol–water partition coefficient (Wildman–Crippen LogP) is -2.42. The molecule has 0 unspecified atom stereocenters. The lowest BCUT2D eigenvalue weighted by molar-refractivity contribution is -0.196. The van der Waals surface area contributed by atoms with Gasteiger partial charge in [0.25, 0.3) is 23.6 Å². The maximum atomic E-state index is 11.9. The van der Waals surface area contributed by atoms with E-state index >= 15 is 0 Å². The first-order valence-corrected chi connectivity index (χ1v) is 8.75. The summed E-state index contributed by atoms with van der Waals surface area (Å²) < 4.78 is 0. The van der Waals surface area contributed by atoms with Gasteiger partial charge >= 0.3 is 5.97 Å². The molecule has 2 aliphatic heterocycles. The quantitative estimate of drug-likeness (QED) is 0.460. The van der Waals surface area contributed by atoms with Crippen LogP contribution in [0.25, 0.3) is 0 Å². The van der Waals surface area contributed by atoms with Crippen molar-refractivity contribution in [1.82, 2.24) is 20.4 Å². The van der Waals surface area contributed by atoms with Crippen LogP contribution in [0.15, 0.2) is 0 Å². The third-order valence-corrected chi connectivity index (χ3v) is 4.27. The van der Waals surface area contributed by atoms with Crippen LogP contribution in [0.1, 0.15) is 19.8 Å². The number of hydrogen-bond donors (Lipinski definition) is 1. The number of carbonyl (C=O) groups is 7. The number of hydroxylamine groups is 2. The molecule has 5 amide bonds. The largest absolute Gasteiger partial charge is 0.352 e. The molecule has 2 rings (SSSR count). The van der Waals surface area contributed by atoms with Gasteiger partial charge in [0.1, 0.15) is 19.6 Å². The molecule has 0 saturated carbocycles. The second-order valence-electron chi connectivity index (χ2n) is 5.50. The summed E-state index contributed by atoms with van der Waals surface area (Å²) in [4.78, 5) is 84.9. The topological polar surface area (TPSA) is 150 Å². The Hall–Kier alpha value is -2.96. The van der Waals surface area contributed by atoms with Crippen molar-refractivity contribution >= 4 is 52.4 Å². The minimum atomic E-state index is -1.03. The molecule has 0 aromatic rings. The van der Waals surface area contributed by atoms with Gasteiger partial charge in [-0.2, -0.15) is 0 Å². The van der Waals surface area contributed by atoms with Crippen molar-refractivity contribution in [2.45, 2.75) is 19.8 Å². The predicted molar refractivity (Wildman–Crippen MR) is 86.8 cm³/mol. The number of amides is 5. The lowest BCUT2D eigenvalue weighted by Crippen LogP contribution is -2.66. The summed E-state index contributed by atoms with van der Waals surface area (Å²) in [5.41, 5.74) is 0. The molecule has 0 atom stereocenters. The van der Waals surface area contributed by atoms with E-state index < -0.39 is 48.6 Å². The van der Waals surface area contributed by atoms with Gasteiger partial charge in [0.05, 0.1) is 5.75 Å². The number of rotatable bonds is 7. The molecule has 0 aliphatic carbocycles. The van der Waals surface area contributed by atoms with Gasteiger partial charge in [-0.25, -0.2) is 14.8 Å². The van der Waals surface area contributed by atoms with E-state index in [1.807, 2.05) is 0 Å². The maximum absolute atomic E-state index is 11.9. The van der Waals surface area contributed by atoms with E-state index in [1.54, 1.807) is 0 Å². The molecule has 1 N–H and O–H groups in total. The number of hydrogen-bond acceptors (Lipinski definition) is 9. The molecule has 13 heteroatoms. The summed E-state index contributed by atoms with van der Waals surface area (Å²) in [5, 5.41) is 4.16. The highest BCUT2D eigenvalue weighted by atomic mass is 32.2. The minimum absolute atomic E-state index is 0.0542. The van der Waals surface area contributed by atoms with Crippen LogP contribution in [-0.2, 0) is 38.4 Å². The number of nitrogens with one attached hydrogen (secondary N) is 1. The standard InChI is InChI=1S/C14H16N4O8S/c1-8(19)27-7-13(24)17-6-12(23)16(17)5-9(20)15-4-14(25)26-18-10(21)2-3-11(18)22/h2-7H2,1H3,(H,15,20). The molecule has 0 bridgehead atoms. The van der Waals surface area contributed by atoms with Crippen LogP contribution in [0.5, 0.6) is 0 Å². The molecule has 2 heterocycles. The van der Waals surface area contributed by atoms with E-state index in [-0.39, 0.29) is 30.3 Å². The number of thioether (sulfide) groups is 1. The van der Waals surface area contributed by atoms with Crippen molar-refractivity contribution < 1.29 is 38.4 Å². The minimum Gasteiger partial charge on any atom is -0.344 e. The first-order valence-electron chi connectivity index (χ1n) is 7.76. The molecule has 12 nitrogen and oxygen atoms in total. The zero-order valence-corrected chi connectivity index (χ0v) is 15.1. The Kier molecular flexibility index (Phi) is 6.50. The van der Waals surface area contributed by atoms with Crippen molar-refractivity contribution in [3.8, 4) is 0 Å². The zero-order valence-electron chi connectivity index (χ0n) is 14.3. The number of hydrazine groups is 1.